The molecule has 1 aliphatic heterocycles. The molecular weight excluding hydrogens is 378 g/mol. The van der Waals surface area contributed by atoms with E-state index >= 15 is 0 Å². The van der Waals surface area contributed by atoms with Crippen LogP contribution in [0.15, 0.2) is 34.3 Å². The molecule has 138 valence electrons. The second-order valence-electron chi connectivity index (χ2n) is 5.96. The van der Waals surface area contributed by atoms with E-state index in [0.717, 1.165) is 16.2 Å². The van der Waals surface area contributed by atoms with Gasteiger partial charge >= 0.3 is 0 Å². The van der Waals surface area contributed by atoms with Crippen LogP contribution in [0.5, 0.6) is 0 Å². The number of nitrogens with one attached hydrogen (secondary N) is 1. The Morgan fingerprint density at radius 2 is 2.04 bits per heavy atom. The van der Waals surface area contributed by atoms with Crippen molar-refractivity contribution in [2.75, 3.05) is 18.5 Å². The number of aromatic nitrogens is 1. The first-order valence-corrected chi connectivity index (χ1v) is 10.2. The minimum absolute atomic E-state index is 0.0557. The number of aliphatic hydroxyl groups excluding tert-OH is 1. The summed E-state index contributed by atoms with van der Waals surface area (Å²) < 4.78 is 25.2. The van der Waals surface area contributed by atoms with E-state index in [1.54, 1.807) is 32.0 Å². The molecule has 0 saturated heterocycles. The molecule has 1 aromatic heterocycles. The van der Waals surface area contributed by atoms with E-state index < -0.39 is 26.9 Å². The molecule has 8 nitrogen and oxygen atoms in total. The zero-order valence-corrected chi connectivity index (χ0v) is 15.7. The van der Waals surface area contributed by atoms with Crippen LogP contribution in [-0.2, 0) is 19.4 Å². The number of sulfone groups is 1. The Hall–Kier alpha value is -2.30. The standard InChI is InChI=1S/C16H17N3O5S2/c1-9(2)26(23,24)16-18-11-4-3-10(7-13(11)25-16)17-12-8-14(21)19(5-6-20)15(12)22/h3-4,7-9,17,20H,5-6H2,1-2H3. The predicted molar refractivity (Wildman–Crippen MR) is 97.5 cm³/mol. The van der Waals surface area contributed by atoms with Gasteiger partial charge in [0.25, 0.3) is 11.8 Å². The number of nitrogens with zero attached hydrogens (tertiary/aromatic N) is 2. The summed E-state index contributed by atoms with van der Waals surface area (Å²) in [6.45, 7) is 2.82. The summed E-state index contributed by atoms with van der Waals surface area (Å²) in [7, 11) is -3.46. The summed E-state index contributed by atoms with van der Waals surface area (Å²) in [6.07, 6.45) is 1.17. The van der Waals surface area contributed by atoms with Gasteiger partial charge in [-0.2, -0.15) is 0 Å². The summed E-state index contributed by atoms with van der Waals surface area (Å²) in [5, 5.41) is 11.2. The fraction of sp³-hybridized carbons (Fsp3) is 0.312. The molecule has 1 aromatic carbocycles. The molecule has 0 aliphatic carbocycles. The fourth-order valence-corrected chi connectivity index (χ4v) is 5.05. The third kappa shape index (κ3) is 3.22. The summed E-state index contributed by atoms with van der Waals surface area (Å²) in [4.78, 5) is 29.0. The van der Waals surface area contributed by atoms with Gasteiger partial charge in [-0.25, -0.2) is 13.4 Å². The summed E-state index contributed by atoms with van der Waals surface area (Å²) in [6, 6.07) is 4.99. The third-order valence-electron chi connectivity index (χ3n) is 3.84. The van der Waals surface area contributed by atoms with Crippen molar-refractivity contribution in [1.29, 1.82) is 0 Å². The van der Waals surface area contributed by atoms with Crippen LogP contribution in [0, 0.1) is 0 Å². The minimum atomic E-state index is -3.46. The first-order chi connectivity index (χ1) is 12.2. The summed E-state index contributed by atoms with van der Waals surface area (Å²) >= 11 is 1.06. The smallest absolute Gasteiger partial charge is 0.277 e. The maximum atomic E-state index is 12.3. The molecule has 2 N–H and O–H groups in total. The van der Waals surface area contributed by atoms with Gasteiger partial charge in [-0.15, -0.1) is 11.3 Å². The Balaban J connectivity index is 1.88. The second kappa shape index (κ2) is 6.78. The van der Waals surface area contributed by atoms with Gasteiger partial charge in [0.15, 0.2) is 0 Å². The van der Waals surface area contributed by atoms with E-state index in [4.69, 9.17) is 5.11 Å². The highest BCUT2D eigenvalue weighted by Gasteiger charge is 2.30. The lowest BCUT2D eigenvalue weighted by Crippen LogP contribution is -2.34. The SMILES string of the molecule is CC(C)S(=O)(=O)c1nc2ccc(NC3=CC(=O)N(CCO)C3=O)cc2s1. The molecular formula is C16H17N3O5S2. The van der Waals surface area contributed by atoms with E-state index in [9.17, 15) is 18.0 Å². The van der Waals surface area contributed by atoms with E-state index in [1.165, 1.54) is 6.08 Å². The normalized spacial score (nSPS) is 15.2. The molecule has 2 heterocycles. The number of aliphatic hydroxyl groups is 1. The van der Waals surface area contributed by atoms with Crippen LogP contribution in [-0.4, -0.2) is 53.6 Å². The molecule has 0 atom stereocenters. The average molecular weight is 395 g/mol. The number of benzene rings is 1. The number of hydrogen-bond acceptors (Lipinski definition) is 8. The fourth-order valence-electron chi connectivity index (χ4n) is 2.37. The van der Waals surface area contributed by atoms with Crippen molar-refractivity contribution in [3.8, 4) is 0 Å². The Labute approximate surface area is 154 Å². The van der Waals surface area contributed by atoms with Crippen molar-refractivity contribution in [3.05, 3.63) is 30.0 Å². The molecule has 0 bridgehead atoms. The molecule has 2 amide bonds. The Bertz CT molecular complexity index is 1020. The van der Waals surface area contributed by atoms with E-state index in [-0.39, 0.29) is 23.2 Å². The molecule has 26 heavy (non-hydrogen) atoms. The predicted octanol–water partition coefficient (Wildman–Crippen LogP) is 1.14. The molecule has 1 aliphatic rings. The molecule has 0 saturated carbocycles. The number of carbonyl (C=O) groups is 2. The number of thiazole rings is 1. The van der Waals surface area contributed by atoms with Crippen LogP contribution >= 0.6 is 11.3 Å². The molecule has 3 rings (SSSR count). The highest BCUT2D eigenvalue weighted by molar-refractivity contribution is 7.94. The van der Waals surface area contributed by atoms with E-state index in [1.807, 2.05) is 0 Å². The van der Waals surface area contributed by atoms with Crippen LogP contribution in [0.1, 0.15) is 13.8 Å². The summed E-state index contributed by atoms with van der Waals surface area (Å²) in [5.41, 5.74) is 1.18. The van der Waals surface area contributed by atoms with Gasteiger partial charge in [-0.3, -0.25) is 14.5 Å². The number of β-amino-alcohol motifs (C(OH)–C–C–N with tert-alkyl or cyclic N) is 1. The monoisotopic (exact) mass is 395 g/mol. The number of amides is 2. The number of imide groups is 1. The molecule has 0 radical (unpaired) electrons. The minimum Gasteiger partial charge on any atom is -0.395 e. The second-order valence-corrected chi connectivity index (χ2v) is 9.67. The van der Waals surface area contributed by atoms with Gasteiger partial charge in [0.2, 0.25) is 14.2 Å². The number of hydrogen-bond donors (Lipinski definition) is 2. The van der Waals surface area contributed by atoms with Crippen LogP contribution in [0.25, 0.3) is 10.2 Å². The Morgan fingerprint density at radius 1 is 1.31 bits per heavy atom. The maximum Gasteiger partial charge on any atom is 0.277 e. The largest absolute Gasteiger partial charge is 0.395 e. The van der Waals surface area contributed by atoms with Crippen LogP contribution in [0.2, 0.25) is 0 Å². The first kappa shape index (κ1) is 18.5. The highest BCUT2D eigenvalue weighted by Crippen LogP contribution is 2.30. The lowest BCUT2D eigenvalue weighted by Gasteiger charge is -2.13. The van der Waals surface area contributed by atoms with Crippen molar-refractivity contribution in [1.82, 2.24) is 9.88 Å². The average Bonchev–Trinajstić information content (AvgIpc) is 3.12. The van der Waals surface area contributed by atoms with Gasteiger partial charge in [0, 0.05) is 11.8 Å². The quantitative estimate of drug-likeness (QED) is 0.704. The topological polar surface area (TPSA) is 117 Å². The number of anilines is 1. The van der Waals surface area contributed by atoms with E-state index in [2.05, 4.69) is 10.3 Å². The Kier molecular flexibility index (Phi) is 4.82. The number of rotatable bonds is 6. The van der Waals surface area contributed by atoms with Crippen molar-refractivity contribution in [2.24, 2.45) is 0 Å². The zero-order chi connectivity index (χ0) is 19.1. The Morgan fingerprint density at radius 3 is 2.69 bits per heavy atom. The van der Waals surface area contributed by atoms with Crippen molar-refractivity contribution in [2.45, 2.75) is 23.4 Å². The lowest BCUT2D eigenvalue weighted by atomic mass is 10.3. The highest BCUT2D eigenvalue weighted by atomic mass is 32.2. The van der Waals surface area contributed by atoms with E-state index in [0.29, 0.717) is 15.9 Å². The molecule has 0 spiro atoms. The van der Waals surface area contributed by atoms with Crippen LogP contribution < -0.4 is 5.32 Å². The number of fused-ring (bicyclic) bond motifs is 1. The van der Waals surface area contributed by atoms with Crippen molar-refractivity contribution in [3.63, 3.8) is 0 Å². The van der Waals surface area contributed by atoms with Crippen molar-refractivity contribution < 1.29 is 23.1 Å². The van der Waals surface area contributed by atoms with Gasteiger partial charge in [-0.1, -0.05) is 0 Å². The summed E-state index contributed by atoms with van der Waals surface area (Å²) in [5.74, 6) is -1.01. The van der Waals surface area contributed by atoms with Gasteiger partial charge in [0.1, 0.15) is 5.70 Å². The maximum absolute atomic E-state index is 12.3. The number of carbonyl (C=O) groups excluding carboxylic acids is 2. The van der Waals surface area contributed by atoms with Gasteiger partial charge in [0.05, 0.1) is 28.6 Å². The zero-order valence-electron chi connectivity index (χ0n) is 14.1. The molecule has 0 fully saturated rings. The lowest BCUT2D eigenvalue weighted by molar-refractivity contribution is -0.137. The first-order valence-electron chi connectivity index (χ1n) is 7.84. The molecule has 0 unspecified atom stereocenters. The van der Waals surface area contributed by atoms with Crippen LogP contribution in [0.4, 0.5) is 5.69 Å². The molecule has 10 heteroatoms. The third-order valence-corrected chi connectivity index (χ3v) is 7.42. The van der Waals surface area contributed by atoms with Crippen molar-refractivity contribution >= 4 is 48.9 Å². The van der Waals surface area contributed by atoms with Gasteiger partial charge in [-0.05, 0) is 32.0 Å². The van der Waals surface area contributed by atoms with Gasteiger partial charge < -0.3 is 10.4 Å². The van der Waals surface area contributed by atoms with Crippen LogP contribution in [0.3, 0.4) is 0 Å². The molecule has 2 aromatic rings.